The molecule has 0 saturated carbocycles. The fourth-order valence-corrected chi connectivity index (χ4v) is 2.61. The number of nitrogens with one attached hydrogen (secondary N) is 1. The van der Waals surface area contributed by atoms with Crippen LogP contribution in [0.3, 0.4) is 0 Å². The van der Waals surface area contributed by atoms with Gasteiger partial charge in [-0.2, -0.15) is 13.2 Å². The summed E-state index contributed by atoms with van der Waals surface area (Å²) >= 11 is 0. The van der Waals surface area contributed by atoms with Crippen molar-refractivity contribution in [1.82, 2.24) is 4.90 Å². The zero-order valence-corrected chi connectivity index (χ0v) is 12.9. The van der Waals surface area contributed by atoms with Crippen LogP contribution in [0.2, 0.25) is 0 Å². The molecule has 0 spiro atoms. The Balaban J connectivity index is 2.18. The second kappa shape index (κ2) is 6.66. The number of rotatable bonds is 2. The third-order valence-corrected chi connectivity index (χ3v) is 4.08. The normalized spacial score (nSPS) is 21.5. The number of primary amides is 1. The minimum Gasteiger partial charge on any atom is -0.369 e. The highest BCUT2D eigenvalue weighted by molar-refractivity contribution is 5.90. The molecule has 0 aliphatic carbocycles. The number of carbonyl (C=O) groups excluding carboxylic acids is 2. The van der Waals surface area contributed by atoms with Crippen molar-refractivity contribution >= 4 is 17.6 Å². The van der Waals surface area contributed by atoms with E-state index >= 15 is 0 Å². The van der Waals surface area contributed by atoms with Crippen molar-refractivity contribution in [2.45, 2.75) is 32.0 Å². The lowest BCUT2D eigenvalue weighted by Crippen LogP contribution is -2.50. The number of nitrogens with two attached hydrogens (primary N) is 1. The number of piperidine rings is 1. The summed E-state index contributed by atoms with van der Waals surface area (Å²) < 4.78 is 51.8. The zero-order valence-electron chi connectivity index (χ0n) is 12.9. The molecule has 3 amide bonds. The average molecular weight is 347 g/mol. The van der Waals surface area contributed by atoms with Crippen molar-refractivity contribution < 1.29 is 27.2 Å². The maximum Gasteiger partial charge on any atom is 0.416 e. The van der Waals surface area contributed by atoms with Crippen LogP contribution in [0.25, 0.3) is 0 Å². The summed E-state index contributed by atoms with van der Waals surface area (Å²) in [7, 11) is 0. The first kappa shape index (κ1) is 18.0. The molecular formula is C15H17F4N3O2. The maximum atomic E-state index is 13.7. The van der Waals surface area contributed by atoms with Crippen molar-refractivity contribution in [3.8, 4) is 0 Å². The van der Waals surface area contributed by atoms with Crippen molar-refractivity contribution in [2.75, 3.05) is 11.9 Å². The molecule has 1 heterocycles. The fraction of sp³-hybridized carbons (Fsp3) is 0.467. The molecule has 0 unspecified atom stereocenters. The number of amides is 3. The molecule has 1 aromatic rings. The summed E-state index contributed by atoms with van der Waals surface area (Å²) in [6, 6.07) is 0.760. The number of hydrogen-bond donors (Lipinski definition) is 2. The number of urea groups is 1. The molecule has 1 aliphatic rings. The molecule has 1 fully saturated rings. The molecule has 2 atom stereocenters. The third kappa shape index (κ3) is 3.95. The van der Waals surface area contributed by atoms with Crippen LogP contribution < -0.4 is 11.1 Å². The van der Waals surface area contributed by atoms with E-state index in [1.165, 1.54) is 4.90 Å². The van der Waals surface area contributed by atoms with Gasteiger partial charge in [-0.15, -0.1) is 0 Å². The lowest BCUT2D eigenvalue weighted by atomic mass is 9.93. The average Bonchev–Trinajstić information content (AvgIpc) is 2.48. The van der Waals surface area contributed by atoms with Crippen LogP contribution in [0.5, 0.6) is 0 Å². The van der Waals surface area contributed by atoms with Gasteiger partial charge in [-0.25, -0.2) is 9.18 Å². The van der Waals surface area contributed by atoms with Gasteiger partial charge >= 0.3 is 12.2 Å². The minimum atomic E-state index is -4.65. The highest BCUT2D eigenvalue weighted by Crippen LogP contribution is 2.32. The molecule has 9 heteroatoms. The monoisotopic (exact) mass is 347 g/mol. The first-order chi connectivity index (χ1) is 11.1. The van der Waals surface area contributed by atoms with Crippen LogP contribution in [0, 0.1) is 11.7 Å². The number of nitrogens with zero attached hydrogens (tertiary/aromatic N) is 1. The number of alkyl halides is 3. The highest BCUT2D eigenvalue weighted by Gasteiger charge is 2.33. The van der Waals surface area contributed by atoms with Gasteiger partial charge in [-0.1, -0.05) is 0 Å². The summed E-state index contributed by atoms with van der Waals surface area (Å²) in [5.74, 6) is -2.06. The van der Waals surface area contributed by atoms with Gasteiger partial charge in [0.2, 0.25) is 5.91 Å². The van der Waals surface area contributed by atoms with E-state index in [2.05, 4.69) is 5.32 Å². The van der Waals surface area contributed by atoms with Crippen molar-refractivity contribution in [2.24, 2.45) is 11.7 Å². The molecular weight excluding hydrogens is 330 g/mol. The topological polar surface area (TPSA) is 75.4 Å². The third-order valence-electron chi connectivity index (χ3n) is 4.08. The minimum absolute atomic E-state index is 0.0446. The number of anilines is 1. The van der Waals surface area contributed by atoms with Gasteiger partial charge < -0.3 is 16.0 Å². The summed E-state index contributed by atoms with van der Waals surface area (Å²) in [6.45, 7) is 1.78. The Bertz CT molecular complexity index is 648. The molecule has 0 radical (unpaired) electrons. The van der Waals surface area contributed by atoms with E-state index in [1.54, 1.807) is 6.92 Å². The van der Waals surface area contributed by atoms with E-state index in [4.69, 9.17) is 5.73 Å². The van der Waals surface area contributed by atoms with Crippen LogP contribution in [0.4, 0.5) is 28.0 Å². The molecule has 1 aliphatic heterocycles. The maximum absolute atomic E-state index is 13.7. The van der Waals surface area contributed by atoms with Crippen molar-refractivity contribution in [1.29, 1.82) is 0 Å². The Labute approximate surface area is 135 Å². The Kier molecular flexibility index (Phi) is 5.00. The first-order valence-corrected chi connectivity index (χ1v) is 7.33. The summed E-state index contributed by atoms with van der Waals surface area (Å²) in [6.07, 6.45) is -3.60. The lowest BCUT2D eigenvalue weighted by molar-refractivity contribution is -0.137. The van der Waals surface area contributed by atoms with Gasteiger partial charge in [-0.3, -0.25) is 4.79 Å². The standard InChI is InChI=1S/C15H17F4N3O2/c1-8-2-3-9(13(20)23)7-22(8)14(24)21-12-6-10(15(17,18)19)4-5-11(12)16/h4-6,8-9H,2-3,7H2,1H3,(H2,20,23)(H,21,24)/t8-,9-/m0/s1. The van der Waals surface area contributed by atoms with Gasteiger partial charge in [0.15, 0.2) is 0 Å². The number of benzene rings is 1. The van der Waals surface area contributed by atoms with E-state index in [9.17, 15) is 27.2 Å². The lowest BCUT2D eigenvalue weighted by Gasteiger charge is -2.36. The van der Waals surface area contributed by atoms with Crippen LogP contribution in [-0.4, -0.2) is 29.4 Å². The number of carbonyl (C=O) groups is 2. The molecule has 3 N–H and O–H groups in total. The quantitative estimate of drug-likeness (QED) is 0.807. The Hall–Kier alpha value is -2.32. The van der Waals surface area contributed by atoms with Gasteiger partial charge in [0.1, 0.15) is 5.82 Å². The van der Waals surface area contributed by atoms with E-state index in [1.807, 2.05) is 0 Å². The largest absolute Gasteiger partial charge is 0.416 e. The summed E-state index contributed by atoms with van der Waals surface area (Å²) in [5.41, 5.74) is 3.60. The Morgan fingerprint density at radius 2 is 1.96 bits per heavy atom. The van der Waals surface area contributed by atoms with Gasteiger partial charge in [0.05, 0.1) is 17.2 Å². The smallest absolute Gasteiger partial charge is 0.369 e. The molecule has 0 bridgehead atoms. The predicted octanol–water partition coefficient (Wildman–Crippen LogP) is 2.96. The Morgan fingerprint density at radius 1 is 1.29 bits per heavy atom. The second-order valence-corrected chi connectivity index (χ2v) is 5.80. The van der Waals surface area contributed by atoms with E-state index in [0.29, 0.717) is 31.0 Å². The van der Waals surface area contributed by atoms with Gasteiger partial charge in [0.25, 0.3) is 0 Å². The van der Waals surface area contributed by atoms with Crippen LogP contribution in [-0.2, 0) is 11.0 Å². The van der Waals surface area contributed by atoms with E-state index < -0.39 is 41.1 Å². The van der Waals surface area contributed by atoms with Crippen molar-refractivity contribution in [3.05, 3.63) is 29.6 Å². The van der Waals surface area contributed by atoms with Gasteiger partial charge in [-0.05, 0) is 38.0 Å². The summed E-state index contributed by atoms with van der Waals surface area (Å²) in [5, 5.41) is 2.14. The fourth-order valence-electron chi connectivity index (χ4n) is 2.61. The number of likely N-dealkylation sites (tertiary alicyclic amines) is 1. The molecule has 1 aromatic carbocycles. The van der Waals surface area contributed by atoms with Crippen LogP contribution in [0.1, 0.15) is 25.3 Å². The highest BCUT2D eigenvalue weighted by atomic mass is 19.4. The zero-order chi connectivity index (χ0) is 18.1. The molecule has 5 nitrogen and oxygen atoms in total. The number of halogens is 4. The van der Waals surface area contributed by atoms with Gasteiger partial charge in [0, 0.05) is 12.6 Å². The second-order valence-electron chi connectivity index (χ2n) is 5.80. The molecule has 24 heavy (non-hydrogen) atoms. The SMILES string of the molecule is C[C@H]1CC[C@H](C(N)=O)CN1C(=O)Nc1cc(C(F)(F)F)ccc1F. The summed E-state index contributed by atoms with van der Waals surface area (Å²) in [4.78, 5) is 24.8. The van der Waals surface area contributed by atoms with E-state index in [-0.39, 0.29) is 12.6 Å². The molecule has 0 aromatic heterocycles. The van der Waals surface area contributed by atoms with E-state index in [0.717, 1.165) is 0 Å². The Morgan fingerprint density at radius 3 is 2.54 bits per heavy atom. The number of hydrogen-bond acceptors (Lipinski definition) is 2. The van der Waals surface area contributed by atoms with Crippen LogP contribution >= 0.6 is 0 Å². The molecule has 1 saturated heterocycles. The van der Waals surface area contributed by atoms with Crippen LogP contribution in [0.15, 0.2) is 18.2 Å². The first-order valence-electron chi connectivity index (χ1n) is 7.33. The molecule has 2 rings (SSSR count). The van der Waals surface area contributed by atoms with Crippen molar-refractivity contribution in [3.63, 3.8) is 0 Å². The predicted molar refractivity (Wildman–Crippen MR) is 78.5 cm³/mol. The molecule has 132 valence electrons.